The van der Waals surface area contributed by atoms with Crippen molar-refractivity contribution in [1.82, 2.24) is 24.6 Å². The normalized spacial score (nSPS) is 10.9. The molecule has 0 fully saturated rings. The van der Waals surface area contributed by atoms with Crippen LogP contribution in [0.25, 0.3) is 5.65 Å². The Morgan fingerprint density at radius 2 is 2.09 bits per heavy atom. The molecule has 3 rings (SSSR count). The molecule has 7 nitrogen and oxygen atoms in total. The van der Waals surface area contributed by atoms with Crippen LogP contribution in [0, 0.1) is 0 Å². The van der Waals surface area contributed by atoms with E-state index in [1.165, 1.54) is 0 Å². The van der Waals surface area contributed by atoms with Crippen molar-refractivity contribution in [2.75, 3.05) is 30.9 Å². The van der Waals surface area contributed by atoms with E-state index in [1.54, 1.807) is 17.0 Å². The molecular formula is C14H16ClN7. The van der Waals surface area contributed by atoms with Crippen LogP contribution in [0.4, 0.5) is 11.6 Å². The molecule has 0 atom stereocenters. The Morgan fingerprint density at radius 1 is 1.23 bits per heavy atom. The van der Waals surface area contributed by atoms with Gasteiger partial charge in [0.15, 0.2) is 5.65 Å². The van der Waals surface area contributed by atoms with Crippen LogP contribution >= 0.6 is 11.6 Å². The third-order valence-electron chi connectivity index (χ3n) is 3.20. The molecule has 22 heavy (non-hydrogen) atoms. The molecular weight excluding hydrogens is 302 g/mol. The van der Waals surface area contributed by atoms with Gasteiger partial charge in [-0.05, 0) is 12.0 Å². The summed E-state index contributed by atoms with van der Waals surface area (Å²) in [6.07, 6.45) is 7.70. The fourth-order valence-electron chi connectivity index (χ4n) is 2.04. The second kappa shape index (κ2) is 6.15. The molecule has 1 N–H and O–H groups in total. The number of aromatic nitrogens is 5. The number of fused-ring (bicyclic) bond motifs is 1. The maximum Gasteiger partial charge on any atom is 0.173 e. The van der Waals surface area contributed by atoms with Crippen LogP contribution in [0.15, 0.2) is 31.0 Å². The van der Waals surface area contributed by atoms with E-state index in [-0.39, 0.29) is 0 Å². The summed E-state index contributed by atoms with van der Waals surface area (Å²) in [5.74, 6) is 1.67. The number of halogens is 1. The average Bonchev–Trinajstić information content (AvgIpc) is 2.88. The van der Waals surface area contributed by atoms with Crippen molar-refractivity contribution in [3.8, 4) is 0 Å². The van der Waals surface area contributed by atoms with Crippen LogP contribution in [0.1, 0.15) is 5.56 Å². The monoisotopic (exact) mass is 317 g/mol. The summed E-state index contributed by atoms with van der Waals surface area (Å²) < 4.78 is 1.69. The molecule has 0 aromatic carbocycles. The molecule has 0 aliphatic rings. The summed E-state index contributed by atoms with van der Waals surface area (Å²) in [7, 11) is 3.89. The van der Waals surface area contributed by atoms with Gasteiger partial charge in [-0.15, -0.1) is 0 Å². The van der Waals surface area contributed by atoms with E-state index >= 15 is 0 Å². The third-order valence-corrected chi connectivity index (χ3v) is 3.46. The first-order valence-electron chi connectivity index (χ1n) is 6.84. The summed E-state index contributed by atoms with van der Waals surface area (Å²) in [6.45, 7) is 0.742. The molecule has 0 aliphatic heterocycles. The van der Waals surface area contributed by atoms with Gasteiger partial charge in [-0.2, -0.15) is 5.10 Å². The van der Waals surface area contributed by atoms with Gasteiger partial charge in [0.05, 0.1) is 6.20 Å². The van der Waals surface area contributed by atoms with Crippen LogP contribution < -0.4 is 10.2 Å². The predicted octanol–water partition coefficient (Wildman–Crippen LogP) is 1.89. The second-order valence-electron chi connectivity index (χ2n) is 5.06. The largest absolute Gasteiger partial charge is 0.370 e. The lowest BCUT2D eigenvalue weighted by molar-refractivity contribution is 0.895. The van der Waals surface area contributed by atoms with Crippen molar-refractivity contribution >= 4 is 28.9 Å². The highest BCUT2D eigenvalue weighted by molar-refractivity contribution is 6.33. The van der Waals surface area contributed by atoms with Gasteiger partial charge in [-0.1, -0.05) is 11.6 Å². The van der Waals surface area contributed by atoms with Gasteiger partial charge in [-0.25, -0.2) is 19.5 Å². The third kappa shape index (κ3) is 3.09. The van der Waals surface area contributed by atoms with Gasteiger partial charge in [0.25, 0.3) is 0 Å². The van der Waals surface area contributed by atoms with Gasteiger partial charge in [-0.3, -0.25) is 0 Å². The lowest BCUT2D eigenvalue weighted by atomic mass is 10.2. The first-order valence-corrected chi connectivity index (χ1v) is 7.22. The number of hydrogen-bond acceptors (Lipinski definition) is 6. The van der Waals surface area contributed by atoms with E-state index in [0.717, 1.165) is 30.2 Å². The number of rotatable bonds is 5. The summed E-state index contributed by atoms with van der Waals surface area (Å²) in [4.78, 5) is 14.6. The molecule has 0 amide bonds. The highest BCUT2D eigenvalue weighted by atomic mass is 35.5. The number of nitrogens with one attached hydrogen (secondary N) is 1. The topological polar surface area (TPSA) is 71.2 Å². The van der Waals surface area contributed by atoms with Crippen LogP contribution in [0.2, 0.25) is 5.02 Å². The average molecular weight is 318 g/mol. The van der Waals surface area contributed by atoms with Crippen molar-refractivity contribution < 1.29 is 0 Å². The summed E-state index contributed by atoms with van der Waals surface area (Å²) in [5.41, 5.74) is 1.74. The van der Waals surface area contributed by atoms with Crippen LogP contribution in [0.3, 0.4) is 0 Å². The van der Waals surface area contributed by atoms with Gasteiger partial charge < -0.3 is 10.2 Å². The smallest absolute Gasteiger partial charge is 0.173 e. The fraction of sp³-hybridized carbons (Fsp3) is 0.286. The molecule has 8 heteroatoms. The minimum absolute atomic E-state index is 0.557. The van der Waals surface area contributed by atoms with Crippen LogP contribution in [-0.4, -0.2) is 45.2 Å². The SMILES string of the molecule is CN(C)c1cc(NCCc2cnc3c(Cl)cnn3c2)ncn1. The van der Waals surface area contributed by atoms with Crippen molar-refractivity contribution in [3.63, 3.8) is 0 Å². The predicted molar refractivity (Wildman–Crippen MR) is 86.5 cm³/mol. The zero-order valence-corrected chi connectivity index (χ0v) is 13.1. The van der Waals surface area contributed by atoms with Gasteiger partial charge in [0, 0.05) is 39.1 Å². The lowest BCUT2D eigenvalue weighted by Gasteiger charge is -2.12. The van der Waals surface area contributed by atoms with Crippen LogP contribution in [0.5, 0.6) is 0 Å². The minimum atomic E-state index is 0.557. The molecule has 0 unspecified atom stereocenters. The number of nitrogens with zero attached hydrogens (tertiary/aromatic N) is 6. The van der Waals surface area contributed by atoms with Crippen LogP contribution in [-0.2, 0) is 6.42 Å². The summed E-state index contributed by atoms with van der Waals surface area (Å²) in [6, 6.07) is 1.91. The standard InChI is InChI=1S/C14H16ClN7/c1-21(2)13-5-12(18-9-19-13)16-4-3-10-6-17-14-11(15)7-20-22(14)8-10/h5-9H,3-4H2,1-2H3,(H,16,18,19). The lowest BCUT2D eigenvalue weighted by Crippen LogP contribution is -2.12. The molecule has 0 saturated heterocycles. The Labute approximate surface area is 133 Å². The van der Waals surface area contributed by atoms with Gasteiger partial charge in [0.1, 0.15) is 23.0 Å². The minimum Gasteiger partial charge on any atom is -0.370 e. The molecule has 0 radical (unpaired) electrons. The maximum absolute atomic E-state index is 5.97. The number of anilines is 2. The van der Waals surface area contributed by atoms with E-state index in [0.29, 0.717) is 10.7 Å². The summed E-state index contributed by atoms with van der Waals surface area (Å²) in [5, 5.41) is 7.99. The zero-order valence-electron chi connectivity index (χ0n) is 12.4. The molecule has 0 aliphatic carbocycles. The van der Waals surface area contributed by atoms with Crippen molar-refractivity contribution in [2.24, 2.45) is 0 Å². The van der Waals surface area contributed by atoms with E-state index in [9.17, 15) is 0 Å². The molecule has 3 aromatic heterocycles. The van der Waals surface area contributed by atoms with Crippen molar-refractivity contribution in [1.29, 1.82) is 0 Å². The molecule has 0 saturated carbocycles. The van der Waals surface area contributed by atoms with E-state index in [2.05, 4.69) is 25.4 Å². The molecule has 0 spiro atoms. The highest BCUT2D eigenvalue weighted by Crippen LogP contribution is 2.14. The molecule has 114 valence electrons. The van der Waals surface area contributed by atoms with E-state index in [4.69, 9.17) is 11.6 Å². The van der Waals surface area contributed by atoms with Crippen molar-refractivity contribution in [3.05, 3.63) is 41.6 Å². The Morgan fingerprint density at radius 3 is 2.91 bits per heavy atom. The highest BCUT2D eigenvalue weighted by Gasteiger charge is 2.04. The number of hydrogen-bond donors (Lipinski definition) is 1. The second-order valence-corrected chi connectivity index (χ2v) is 5.46. The zero-order chi connectivity index (χ0) is 15.5. The first kappa shape index (κ1) is 14.5. The molecule has 3 aromatic rings. The Kier molecular flexibility index (Phi) is 4.06. The van der Waals surface area contributed by atoms with Gasteiger partial charge >= 0.3 is 0 Å². The van der Waals surface area contributed by atoms with Crippen molar-refractivity contribution in [2.45, 2.75) is 6.42 Å². The van der Waals surface area contributed by atoms with E-state index in [1.807, 2.05) is 37.5 Å². The molecule has 0 bridgehead atoms. The fourth-order valence-corrected chi connectivity index (χ4v) is 2.22. The molecule has 3 heterocycles. The van der Waals surface area contributed by atoms with Gasteiger partial charge in [0.2, 0.25) is 0 Å². The Hall–Kier alpha value is -2.41. The first-order chi connectivity index (χ1) is 10.6. The summed E-state index contributed by atoms with van der Waals surface area (Å²) >= 11 is 5.97. The van der Waals surface area contributed by atoms with E-state index < -0.39 is 0 Å². The quantitative estimate of drug-likeness (QED) is 0.775. The Balaban J connectivity index is 1.63. The Bertz CT molecular complexity index is 784. The maximum atomic E-state index is 5.97.